The van der Waals surface area contributed by atoms with E-state index in [0.29, 0.717) is 0 Å². The number of rotatable bonds is 4. The van der Waals surface area contributed by atoms with E-state index >= 15 is 0 Å². The molecule has 0 atom stereocenters. The van der Waals surface area contributed by atoms with Gasteiger partial charge in [-0.25, -0.2) is 0 Å². The summed E-state index contributed by atoms with van der Waals surface area (Å²) in [4.78, 5) is 2.43. The van der Waals surface area contributed by atoms with Crippen molar-refractivity contribution in [3.8, 4) is 33.8 Å². The Morgan fingerprint density at radius 3 is 2.25 bits per heavy atom. The first-order valence-corrected chi connectivity index (χ1v) is 18.2. The number of thiophene rings is 1. The van der Waals surface area contributed by atoms with Crippen LogP contribution in [0.4, 0.5) is 28.4 Å². The lowest BCUT2D eigenvalue weighted by molar-refractivity contribution is 0.477. The number of anilines is 5. The van der Waals surface area contributed by atoms with Crippen LogP contribution in [0.25, 0.3) is 53.2 Å². The van der Waals surface area contributed by atoms with Crippen molar-refractivity contribution in [3.63, 3.8) is 0 Å². The standard InChI is InChI=1S/C46H29BN2OS/c1-2-11-28(12-3-1)30-25-36(44-39(26-30)49-38-17-7-8-18-40(38)50-41-19-10-16-37(47-44)46(41)49)34-23-21-29-13-4-5-14-32(29)45(34)48-31-22-24-43-35(27-31)33-15-6-9-20-42(33)51-43/h1-27,47-48H. The molecule has 2 aliphatic heterocycles. The van der Waals surface area contributed by atoms with Gasteiger partial charge in [0.05, 0.1) is 17.1 Å². The monoisotopic (exact) mass is 668 g/mol. The quantitative estimate of drug-likeness (QED) is 0.189. The summed E-state index contributed by atoms with van der Waals surface area (Å²) >= 11 is 1.85. The molecule has 0 unspecified atom stereocenters. The molecule has 51 heavy (non-hydrogen) atoms. The van der Waals surface area contributed by atoms with Crippen LogP contribution in [-0.2, 0) is 0 Å². The molecule has 9 aromatic rings. The van der Waals surface area contributed by atoms with Crippen molar-refractivity contribution in [2.75, 3.05) is 10.2 Å². The number of benzene rings is 8. The van der Waals surface area contributed by atoms with Crippen LogP contribution < -0.4 is 25.9 Å². The Bertz CT molecular complexity index is 2860. The second-order valence-corrected chi connectivity index (χ2v) is 14.5. The Balaban J connectivity index is 1.18. The zero-order valence-electron chi connectivity index (χ0n) is 27.6. The Morgan fingerprint density at radius 2 is 1.31 bits per heavy atom. The molecule has 1 N–H and O–H groups in total. The minimum absolute atomic E-state index is 0.796. The molecule has 0 amide bonds. The molecule has 0 fully saturated rings. The number of para-hydroxylation sites is 3. The largest absolute Gasteiger partial charge is 0.453 e. The zero-order valence-corrected chi connectivity index (χ0v) is 28.4. The van der Waals surface area contributed by atoms with Crippen molar-refractivity contribution < 1.29 is 4.74 Å². The van der Waals surface area contributed by atoms with Crippen LogP contribution in [-0.4, -0.2) is 7.28 Å². The van der Waals surface area contributed by atoms with E-state index in [1.807, 2.05) is 17.4 Å². The summed E-state index contributed by atoms with van der Waals surface area (Å²) in [7, 11) is 0.796. The summed E-state index contributed by atoms with van der Waals surface area (Å²) in [6.07, 6.45) is 0. The maximum Gasteiger partial charge on any atom is 0.198 e. The van der Waals surface area contributed by atoms with Crippen LogP contribution >= 0.6 is 11.3 Å². The van der Waals surface area contributed by atoms with E-state index in [4.69, 9.17) is 4.74 Å². The number of nitrogens with zero attached hydrogens (tertiary/aromatic N) is 1. The minimum Gasteiger partial charge on any atom is -0.453 e. The van der Waals surface area contributed by atoms with E-state index in [2.05, 4.69) is 168 Å². The Labute approximate surface area is 300 Å². The second kappa shape index (κ2) is 11.1. The van der Waals surface area contributed by atoms with Crippen LogP contribution in [0, 0.1) is 0 Å². The molecule has 0 radical (unpaired) electrons. The molecule has 0 aliphatic carbocycles. The molecule has 0 saturated heterocycles. The number of fused-ring (bicyclic) bond motifs is 8. The highest BCUT2D eigenvalue weighted by Gasteiger charge is 2.35. The van der Waals surface area contributed by atoms with Gasteiger partial charge in [-0.1, -0.05) is 115 Å². The fourth-order valence-electron chi connectivity index (χ4n) is 8.11. The molecule has 11 rings (SSSR count). The summed E-state index contributed by atoms with van der Waals surface area (Å²) in [5, 5.41) is 8.96. The Morgan fingerprint density at radius 1 is 0.529 bits per heavy atom. The Hall–Kier alpha value is -6.30. The van der Waals surface area contributed by atoms with Crippen molar-refractivity contribution >= 4 is 88.9 Å². The lowest BCUT2D eigenvalue weighted by atomic mass is 9.57. The topological polar surface area (TPSA) is 24.5 Å². The number of ether oxygens (including phenoxy) is 1. The average molecular weight is 669 g/mol. The third-order valence-corrected chi connectivity index (χ3v) is 11.6. The van der Waals surface area contributed by atoms with E-state index in [9.17, 15) is 0 Å². The first-order valence-electron chi connectivity index (χ1n) is 17.4. The summed E-state index contributed by atoms with van der Waals surface area (Å²) in [6, 6.07) is 59.2. The normalized spacial score (nSPS) is 12.6. The fourth-order valence-corrected chi connectivity index (χ4v) is 9.20. The van der Waals surface area contributed by atoms with Gasteiger partial charge in [-0.2, -0.15) is 0 Å². The molecular weight excluding hydrogens is 639 g/mol. The lowest BCUT2D eigenvalue weighted by Gasteiger charge is -2.39. The molecule has 0 spiro atoms. The summed E-state index contributed by atoms with van der Waals surface area (Å²) < 4.78 is 9.12. The molecule has 238 valence electrons. The molecule has 3 nitrogen and oxygen atoms in total. The van der Waals surface area contributed by atoms with Gasteiger partial charge in [-0.3, -0.25) is 0 Å². The second-order valence-electron chi connectivity index (χ2n) is 13.4. The van der Waals surface area contributed by atoms with E-state index in [1.165, 1.54) is 69.8 Å². The molecule has 3 heterocycles. The van der Waals surface area contributed by atoms with Crippen molar-refractivity contribution in [1.82, 2.24) is 0 Å². The van der Waals surface area contributed by atoms with E-state index in [-0.39, 0.29) is 0 Å². The van der Waals surface area contributed by atoms with Crippen molar-refractivity contribution in [2.45, 2.75) is 0 Å². The maximum atomic E-state index is 6.50. The van der Waals surface area contributed by atoms with Crippen LogP contribution in [0.15, 0.2) is 164 Å². The highest BCUT2D eigenvalue weighted by Crippen LogP contribution is 2.52. The van der Waals surface area contributed by atoms with Crippen LogP contribution in [0.3, 0.4) is 0 Å². The van der Waals surface area contributed by atoms with Crippen molar-refractivity contribution in [2.24, 2.45) is 0 Å². The van der Waals surface area contributed by atoms with Gasteiger partial charge in [0.2, 0.25) is 0 Å². The minimum atomic E-state index is 0.796. The molecular formula is C46H29BN2OS. The SMILES string of the molecule is B1c2cccc3c2N(c2ccccc2O3)c2cc(-c3ccccc3)cc(-c3ccc4ccccc4c3Nc3ccc4sc5ccccc5c4c3)c21. The van der Waals surface area contributed by atoms with Crippen LogP contribution in [0.2, 0.25) is 0 Å². The smallest absolute Gasteiger partial charge is 0.198 e. The van der Waals surface area contributed by atoms with Crippen molar-refractivity contribution in [3.05, 3.63) is 164 Å². The predicted octanol–water partition coefficient (Wildman–Crippen LogP) is 11.6. The molecule has 5 heteroatoms. The molecule has 0 bridgehead atoms. The van der Waals surface area contributed by atoms with Crippen molar-refractivity contribution in [1.29, 1.82) is 0 Å². The number of hydrogen-bond donors (Lipinski definition) is 1. The van der Waals surface area contributed by atoms with Gasteiger partial charge in [0.1, 0.15) is 0 Å². The van der Waals surface area contributed by atoms with Gasteiger partial charge >= 0.3 is 0 Å². The third-order valence-electron chi connectivity index (χ3n) is 10.4. The highest BCUT2D eigenvalue weighted by molar-refractivity contribution is 7.25. The van der Waals surface area contributed by atoms with Crippen LogP contribution in [0.5, 0.6) is 11.5 Å². The first kappa shape index (κ1) is 28.5. The summed E-state index contributed by atoms with van der Waals surface area (Å²) in [6.45, 7) is 0. The highest BCUT2D eigenvalue weighted by atomic mass is 32.1. The Kier molecular flexibility index (Phi) is 6.22. The van der Waals surface area contributed by atoms with Crippen LogP contribution in [0.1, 0.15) is 0 Å². The van der Waals surface area contributed by atoms with Gasteiger partial charge in [0.15, 0.2) is 18.8 Å². The van der Waals surface area contributed by atoms with Gasteiger partial charge in [0, 0.05) is 42.5 Å². The van der Waals surface area contributed by atoms with Gasteiger partial charge < -0.3 is 15.0 Å². The predicted molar refractivity (Wildman–Crippen MR) is 219 cm³/mol. The van der Waals surface area contributed by atoms with Gasteiger partial charge in [-0.15, -0.1) is 11.3 Å². The average Bonchev–Trinajstić information content (AvgIpc) is 3.56. The fraction of sp³-hybridized carbons (Fsp3) is 0. The number of nitrogens with one attached hydrogen (secondary N) is 1. The van der Waals surface area contributed by atoms with E-state index < -0.39 is 0 Å². The third kappa shape index (κ3) is 4.45. The maximum absolute atomic E-state index is 6.50. The first-order chi connectivity index (χ1) is 25.3. The number of hydrogen-bond acceptors (Lipinski definition) is 4. The molecule has 8 aromatic carbocycles. The van der Waals surface area contributed by atoms with Gasteiger partial charge in [0.25, 0.3) is 0 Å². The lowest BCUT2D eigenvalue weighted by Crippen LogP contribution is -2.42. The molecule has 0 saturated carbocycles. The van der Waals surface area contributed by atoms with Gasteiger partial charge in [-0.05, 0) is 82.1 Å². The summed E-state index contributed by atoms with van der Waals surface area (Å²) in [5.74, 6) is 1.76. The summed E-state index contributed by atoms with van der Waals surface area (Å²) in [5.41, 5.74) is 12.9. The molecule has 2 aliphatic rings. The zero-order chi connectivity index (χ0) is 33.5. The van der Waals surface area contributed by atoms with E-state index in [0.717, 1.165) is 41.5 Å². The van der Waals surface area contributed by atoms with E-state index in [1.54, 1.807) is 0 Å². The molecule has 1 aromatic heterocycles.